The van der Waals surface area contributed by atoms with E-state index in [0.29, 0.717) is 45.8 Å². The minimum absolute atomic E-state index is 0.178. The molecule has 1 amide bonds. The summed E-state index contributed by atoms with van der Waals surface area (Å²) in [7, 11) is 0. The van der Waals surface area contributed by atoms with Crippen LogP contribution in [-0.2, 0) is 11.3 Å². The summed E-state index contributed by atoms with van der Waals surface area (Å²) in [6.07, 6.45) is 0.221. The van der Waals surface area contributed by atoms with E-state index >= 15 is 0 Å². The minimum atomic E-state index is -0.178. The lowest BCUT2D eigenvalue weighted by molar-refractivity contribution is -0.116. The standard InChI is InChI=1S/C29H21ClN8O/c1-17-14-23(39)38(35-17)29-26-28(37(36-34-26)16-18-8-4-2-5-9-18)32-27(33-29)25-24(19-10-6-3-7-11-19)21-15-20(30)12-13-22(21)31-25/h2-13,15,31H,14,16H2,1H3. The van der Waals surface area contributed by atoms with Crippen LogP contribution in [0.5, 0.6) is 0 Å². The van der Waals surface area contributed by atoms with Gasteiger partial charge in [0.2, 0.25) is 0 Å². The van der Waals surface area contributed by atoms with Gasteiger partial charge in [0.15, 0.2) is 22.8 Å². The maximum absolute atomic E-state index is 12.9. The van der Waals surface area contributed by atoms with Crippen molar-refractivity contribution in [3.05, 3.63) is 89.4 Å². The molecule has 190 valence electrons. The van der Waals surface area contributed by atoms with Crippen molar-refractivity contribution in [2.75, 3.05) is 5.01 Å². The lowest BCUT2D eigenvalue weighted by atomic mass is 10.0. The Balaban J connectivity index is 1.50. The highest BCUT2D eigenvalue weighted by Crippen LogP contribution is 2.39. The van der Waals surface area contributed by atoms with Gasteiger partial charge in [-0.25, -0.2) is 14.6 Å². The van der Waals surface area contributed by atoms with Gasteiger partial charge in [-0.1, -0.05) is 77.5 Å². The van der Waals surface area contributed by atoms with Gasteiger partial charge in [0.1, 0.15) is 0 Å². The van der Waals surface area contributed by atoms with Crippen LogP contribution >= 0.6 is 11.6 Å². The Hall–Kier alpha value is -4.89. The second-order valence-electron chi connectivity index (χ2n) is 9.42. The predicted octanol–water partition coefficient (Wildman–Crippen LogP) is 5.85. The molecule has 0 saturated carbocycles. The van der Waals surface area contributed by atoms with E-state index in [1.807, 2.05) is 85.8 Å². The Labute approximate surface area is 227 Å². The molecule has 9 nitrogen and oxygen atoms in total. The molecule has 6 aromatic rings. The fourth-order valence-corrected chi connectivity index (χ4v) is 5.09. The van der Waals surface area contributed by atoms with E-state index in [2.05, 4.69) is 20.4 Å². The van der Waals surface area contributed by atoms with Gasteiger partial charge in [-0.2, -0.15) is 10.1 Å². The second-order valence-corrected chi connectivity index (χ2v) is 9.86. The van der Waals surface area contributed by atoms with Crippen LogP contribution in [0, 0.1) is 0 Å². The fourth-order valence-electron chi connectivity index (χ4n) is 4.92. The number of aromatic amines is 1. The maximum Gasteiger partial charge on any atom is 0.254 e. The first-order chi connectivity index (χ1) is 19.0. The van der Waals surface area contributed by atoms with Gasteiger partial charge < -0.3 is 4.98 Å². The number of nitrogens with one attached hydrogen (secondary N) is 1. The van der Waals surface area contributed by atoms with Crippen molar-refractivity contribution in [2.24, 2.45) is 5.10 Å². The quantitative estimate of drug-likeness (QED) is 0.300. The number of hydrogen-bond acceptors (Lipinski definition) is 6. The molecule has 0 fully saturated rings. The topological polar surface area (TPSA) is 105 Å². The van der Waals surface area contributed by atoms with Crippen LogP contribution in [0.1, 0.15) is 18.9 Å². The molecule has 0 bridgehead atoms. The third kappa shape index (κ3) is 4.04. The number of fused-ring (bicyclic) bond motifs is 2. The van der Waals surface area contributed by atoms with Crippen molar-refractivity contribution >= 4 is 51.1 Å². The molecule has 10 heteroatoms. The van der Waals surface area contributed by atoms with Crippen molar-refractivity contribution in [3.8, 4) is 22.6 Å². The number of nitrogens with zero attached hydrogens (tertiary/aromatic N) is 7. The molecule has 1 aliphatic rings. The zero-order valence-corrected chi connectivity index (χ0v) is 21.6. The molecule has 3 aromatic heterocycles. The summed E-state index contributed by atoms with van der Waals surface area (Å²) in [6, 6.07) is 25.7. The molecule has 0 unspecified atom stereocenters. The Morgan fingerprint density at radius 1 is 0.974 bits per heavy atom. The van der Waals surface area contributed by atoms with E-state index in [1.54, 1.807) is 4.68 Å². The van der Waals surface area contributed by atoms with E-state index in [9.17, 15) is 4.79 Å². The zero-order chi connectivity index (χ0) is 26.5. The monoisotopic (exact) mass is 532 g/mol. The number of halogens is 1. The first kappa shape index (κ1) is 23.2. The lowest BCUT2D eigenvalue weighted by Gasteiger charge is -2.13. The van der Waals surface area contributed by atoms with Crippen molar-refractivity contribution in [2.45, 2.75) is 19.9 Å². The molecular weight excluding hydrogens is 512 g/mol. The van der Waals surface area contributed by atoms with Crippen LogP contribution < -0.4 is 5.01 Å². The lowest BCUT2D eigenvalue weighted by Crippen LogP contribution is -2.21. The van der Waals surface area contributed by atoms with Crippen LogP contribution in [0.2, 0.25) is 5.02 Å². The van der Waals surface area contributed by atoms with Crippen LogP contribution in [-0.4, -0.2) is 41.6 Å². The Kier molecular flexibility index (Phi) is 5.45. The van der Waals surface area contributed by atoms with Crippen molar-refractivity contribution in [1.29, 1.82) is 0 Å². The van der Waals surface area contributed by atoms with Crippen molar-refractivity contribution in [3.63, 3.8) is 0 Å². The number of carbonyl (C=O) groups is 1. The summed E-state index contributed by atoms with van der Waals surface area (Å²) in [4.78, 5) is 26.2. The maximum atomic E-state index is 12.9. The molecule has 4 heterocycles. The number of hydrogen-bond donors (Lipinski definition) is 1. The molecule has 7 rings (SSSR count). The summed E-state index contributed by atoms with van der Waals surface area (Å²) in [5.41, 5.74) is 6.13. The summed E-state index contributed by atoms with van der Waals surface area (Å²) in [5.74, 6) is 0.516. The van der Waals surface area contributed by atoms with Crippen LogP contribution in [0.3, 0.4) is 0 Å². The van der Waals surface area contributed by atoms with E-state index in [4.69, 9.17) is 21.6 Å². The Morgan fingerprint density at radius 2 is 1.74 bits per heavy atom. The normalized spacial score (nSPS) is 13.5. The summed E-state index contributed by atoms with van der Waals surface area (Å²) >= 11 is 6.41. The number of amides is 1. The number of benzene rings is 3. The molecule has 0 aliphatic carbocycles. The van der Waals surface area contributed by atoms with Crippen molar-refractivity contribution < 1.29 is 4.79 Å². The largest absolute Gasteiger partial charge is 0.351 e. The highest BCUT2D eigenvalue weighted by Gasteiger charge is 2.30. The summed E-state index contributed by atoms with van der Waals surface area (Å²) < 4.78 is 1.72. The highest BCUT2D eigenvalue weighted by atomic mass is 35.5. The molecule has 0 spiro atoms. The van der Waals surface area contributed by atoms with Crippen LogP contribution in [0.15, 0.2) is 84.0 Å². The summed E-state index contributed by atoms with van der Waals surface area (Å²) in [5, 5.41) is 16.1. The first-order valence-electron chi connectivity index (χ1n) is 12.4. The number of H-pyrrole nitrogens is 1. The van der Waals surface area contributed by atoms with Gasteiger partial charge >= 0.3 is 0 Å². The molecular formula is C29H21ClN8O. The van der Waals surface area contributed by atoms with E-state index in [0.717, 1.165) is 27.6 Å². The van der Waals surface area contributed by atoms with Gasteiger partial charge in [-0.05, 0) is 36.2 Å². The average Bonchev–Trinajstić information content (AvgIpc) is 3.63. The third-order valence-corrected chi connectivity index (χ3v) is 6.92. The number of hydrazone groups is 1. The molecule has 3 aromatic carbocycles. The smallest absolute Gasteiger partial charge is 0.254 e. The Bertz CT molecular complexity index is 1910. The minimum Gasteiger partial charge on any atom is -0.351 e. The first-order valence-corrected chi connectivity index (χ1v) is 12.8. The third-order valence-electron chi connectivity index (χ3n) is 6.68. The molecule has 0 atom stereocenters. The number of rotatable bonds is 5. The average molecular weight is 533 g/mol. The fraction of sp³-hybridized carbons (Fsp3) is 0.103. The zero-order valence-electron chi connectivity index (χ0n) is 20.8. The van der Waals surface area contributed by atoms with Crippen LogP contribution in [0.25, 0.3) is 44.7 Å². The van der Waals surface area contributed by atoms with Gasteiger partial charge in [0, 0.05) is 27.2 Å². The molecule has 39 heavy (non-hydrogen) atoms. The van der Waals surface area contributed by atoms with Crippen LogP contribution in [0.4, 0.5) is 5.82 Å². The molecule has 1 aliphatic heterocycles. The number of anilines is 1. The Morgan fingerprint density at radius 3 is 2.49 bits per heavy atom. The van der Waals surface area contributed by atoms with Crippen molar-refractivity contribution in [1.82, 2.24) is 29.9 Å². The number of aromatic nitrogens is 6. The molecule has 1 N–H and O–H groups in total. The number of carbonyl (C=O) groups excluding carboxylic acids is 1. The molecule has 0 saturated heterocycles. The van der Waals surface area contributed by atoms with Gasteiger partial charge in [0.05, 0.1) is 18.7 Å². The highest BCUT2D eigenvalue weighted by molar-refractivity contribution is 6.31. The predicted molar refractivity (Wildman–Crippen MR) is 152 cm³/mol. The van der Waals surface area contributed by atoms with Gasteiger partial charge in [0.25, 0.3) is 5.91 Å². The second kappa shape index (κ2) is 9.14. The van der Waals surface area contributed by atoms with E-state index < -0.39 is 0 Å². The van der Waals surface area contributed by atoms with Gasteiger partial charge in [-0.15, -0.1) is 5.10 Å². The SMILES string of the molecule is CC1=NN(c2nc(-c3[nH]c4ccc(Cl)cc4c3-c3ccccc3)nc3c2nnn3Cc2ccccc2)C(=O)C1. The van der Waals surface area contributed by atoms with E-state index in [-0.39, 0.29) is 12.3 Å². The van der Waals surface area contributed by atoms with E-state index in [1.165, 1.54) is 5.01 Å². The summed E-state index contributed by atoms with van der Waals surface area (Å²) in [6.45, 7) is 2.27. The molecule has 0 radical (unpaired) electrons. The van der Waals surface area contributed by atoms with Gasteiger partial charge in [-0.3, -0.25) is 4.79 Å².